The summed E-state index contributed by atoms with van der Waals surface area (Å²) in [4.78, 5) is 11.1. The van der Waals surface area contributed by atoms with E-state index in [9.17, 15) is 22.4 Å². The number of hydrogen-bond acceptors (Lipinski definition) is 2. The van der Waals surface area contributed by atoms with Crippen LogP contribution in [0.2, 0.25) is 0 Å². The van der Waals surface area contributed by atoms with E-state index in [4.69, 9.17) is 11.6 Å². The smallest absolute Gasteiger partial charge is 0.405 e. The number of alkyl halides is 3. The maximum Gasteiger partial charge on any atom is 0.573 e. The molecule has 0 saturated carbocycles. The fraction of sp³-hybridized carbons (Fsp3) is 0.0714. The molecule has 0 radical (unpaired) electrons. The van der Waals surface area contributed by atoms with Gasteiger partial charge in [-0.2, -0.15) is 0 Å². The molecule has 0 atom stereocenters. The van der Waals surface area contributed by atoms with Gasteiger partial charge in [0.2, 0.25) is 0 Å². The van der Waals surface area contributed by atoms with Crippen molar-refractivity contribution in [3.8, 4) is 16.9 Å². The van der Waals surface area contributed by atoms with Crippen LogP contribution in [-0.4, -0.2) is 11.6 Å². The predicted molar refractivity (Wildman–Crippen MR) is 68.7 cm³/mol. The summed E-state index contributed by atoms with van der Waals surface area (Å²) in [5, 5.41) is -1.04. The van der Waals surface area contributed by atoms with Crippen molar-refractivity contribution in [2.75, 3.05) is 0 Å². The summed E-state index contributed by atoms with van der Waals surface area (Å²) in [7, 11) is 0. The summed E-state index contributed by atoms with van der Waals surface area (Å²) >= 11 is 5.22. The maximum atomic E-state index is 14.2. The van der Waals surface area contributed by atoms with E-state index in [-0.39, 0.29) is 11.1 Å². The number of benzene rings is 2. The first-order chi connectivity index (χ1) is 9.79. The second-order valence-electron chi connectivity index (χ2n) is 3.98. The van der Waals surface area contributed by atoms with Crippen molar-refractivity contribution < 1.29 is 27.1 Å². The monoisotopic (exact) mass is 318 g/mol. The third kappa shape index (κ3) is 3.52. The molecule has 0 aliphatic carbocycles. The highest BCUT2D eigenvalue weighted by atomic mass is 35.5. The largest absolute Gasteiger partial charge is 0.573 e. The predicted octanol–water partition coefficient (Wildman–Crippen LogP) is 4.77. The zero-order valence-corrected chi connectivity index (χ0v) is 11.0. The summed E-state index contributed by atoms with van der Waals surface area (Å²) < 4.78 is 55.1. The first kappa shape index (κ1) is 15.3. The Morgan fingerprint density at radius 1 is 1.00 bits per heavy atom. The number of carbonyl (C=O) groups is 1. The lowest BCUT2D eigenvalue weighted by Gasteiger charge is -2.14. The molecule has 110 valence electrons. The van der Waals surface area contributed by atoms with E-state index in [1.165, 1.54) is 30.3 Å². The van der Waals surface area contributed by atoms with Gasteiger partial charge in [-0.15, -0.1) is 13.2 Å². The standard InChI is InChI=1S/C14H7ClF4O2/c15-13(20)10-6-3-5-9(12(10)16)8-4-1-2-7-11(8)21-14(17,18)19/h1-7H. The van der Waals surface area contributed by atoms with Crippen LogP contribution in [-0.2, 0) is 0 Å². The number of ether oxygens (including phenoxy) is 1. The van der Waals surface area contributed by atoms with Crippen molar-refractivity contribution >= 4 is 16.8 Å². The summed E-state index contributed by atoms with van der Waals surface area (Å²) in [6.07, 6.45) is -4.91. The van der Waals surface area contributed by atoms with Crippen molar-refractivity contribution in [1.82, 2.24) is 0 Å². The van der Waals surface area contributed by atoms with Crippen LogP contribution in [0.15, 0.2) is 42.5 Å². The average molecular weight is 319 g/mol. The molecule has 2 aromatic carbocycles. The number of halogens is 5. The second-order valence-corrected chi connectivity index (χ2v) is 4.33. The van der Waals surface area contributed by atoms with Gasteiger partial charge >= 0.3 is 6.36 Å². The van der Waals surface area contributed by atoms with Crippen LogP contribution in [0, 0.1) is 5.82 Å². The van der Waals surface area contributed by atoms with Crippen molar-refractivity contribution in [3.63, 3.8) is 0 Å². The Morgan fingerprint density at radius 2 is 1.62 bits per heavy atom. The molecule has 7 heteroatoms. The fourth-order valence-electron chi connectivity index (χ4n) is 1.79. The third-order valence-corrected chi connectivity index (χ3v) is 2.82. The molecule has 2 aromatic rings. The zero-order valence-electron chi connectivity index (χ0n) is 10.2. The van der Waals surface area contributed by atoms with Gasteiger partial charge in [0.25, 0.3) is 5.24 Å². The number of rotatable bonds is 3. The number of para-hydroxylation sites is 1. The van der Waals surface area contributed by atoms with Gasteiger partial charge in [0.05, 0.1) is 5.56 Å². The molecule has 0 bridgehead atoms. The Morgan fingerprint density at radius 3 is 2.24 bits per heavy atom. The molecule has 21 heavy (non-hydrogen) atoms. The summed E-state index contributed by atoms with van der Waals surface area (Å²) in [5.41, 5.74) is -0.760. The van der Waals surface area contributed by atoms with Gasteiger partial charge in [-0.25, -0.2) is 4.39 Å². The molecule has 0 heterocycles. The highest BCUT2D eigenvalue weighted by molar-refractivity contribution is 6.67. The van der Waals surface area contributed by atoms with E-state index in [0.29, 0.717) is 0 Å². The van der Waals surface area contributed by atoms with Crippen LogP contribution in [0.3, 0.4) is 0 Å². The number of hydrogen-bond donors (Lipinski definition) is 0. The lowest BCUT2D eigenvalue weighted by atomic mass is 10.0. The molecule has 0 spiro atoms. The van der Waals surface area contributed by atoms with Crippen LogP contribution in [0.5, 0.6) is 5.75 Å². The maximum absolute atomic E-state index is 14.2. The van der Waals surface area contributed by atoms with E-state index < -0.39 is 28.7 Å². The minimum absolute atomic E-state index is 0.132. The van der Waals surface area contributed by atoms with Gasteiger partial charge in [0.15, 0.2) is 0 Å². The molecular weight excluding hydrogens is 312 g/mol. The minimum Gasteiger partial charge on any atom is -0.405 e. The van der Waals surface area contributed by atoms with Gasteiger partial charge in [0.1, 0.15) is 11.6 Å². The SMILES string of the molecule is O=C(Cl)c1cccc(-c2ccccc2OC(F)(F)F)c1F. The zero-order chi connectivity index (χ0) is 15.6. The van der Waals surface area contributed by atoms with E-state index in [0.717, 1.165) is 12.1 Å². The molecule has 0 unspecified atom stereocenters. The molecule has 2 nitrogen and oxygen atoms in total. The Labute approximate surface area is 121 Å². The summed E-state index contributed by atoms with van der Waals surface area (Å²) in [5.74, 6) is -1.57. The average Bonchev–Trinajstić information content (AvgIpc) is 2.38. The van der Waals surface area contributed by atoms with Crippen LogP contribution in [0.1, 0.15) is 10.4 Å². The van der Waals surface area contributed by atoms with Crippen LogP contribution in [0.4, 0.5) is 17.6 Å². The molecule has 2 rings (SSSR count). The lowest BCUT2D eigenvalue weighted by Crippen LogP contribution is -2.17. The second kappa shape index (κ2) is 5.73. The Hall–Kier alpha value is -2.08. The van der Waals surface area contributed by atoms with Gasteiger partial charge in [-0.05, 0) is 23.7 Å². The van der Waals surface area contributed by atoms with E-state index in [2.05, 4.69) is 4.74 Å². The van der Waals surface area contributed by atoms with Crippen LogP contribution < -0.4 is 4.74 Å². The highest BCUT2D eigenvalue weighted by Crippen LogP contribution is 2.35. The van der Waals surface area contributed by atoms with E-state index >= 15 is 0 Å². The molecule has 0 aliphatic heterocycles. The fourth-order valence-corrected chi connectivity index (χ4v) is 1.94. The van der Waals surface area contributed by atoms with E-state index in [1.54, 1.807) is 0 Å². The van der Waals surface area contributed by atoms with Crippen LogP contribution >= 0.6 is 11.6 Å². The molecule has 0 amide bonds. The first-order valence-corrected chi connectivity index (χ1v) is 6.01. The van der Waals surface area contributed by atoms with E-state index in [1.807, 2.05) is 0 Å². The molecular formula is C14H7ClF4O2. The Bertz CT molecular complexity index is 683. The topological polar surface area (TPSA) is 26.3 Å². The molecule has 0 fully saturated rings. The number of carbonyl (C=O) groups excluding carboxylic acids is 1. The van der Waals surface area contributed by atoms with Crippen molar-refractivity contribution in [1.29, 1.82) is 0 Å². The third-order valence-electron chi connectivity index (χ3n) is 2.61. The molecule has 0 aliphatic rings. The van der Waals surface area contributed by atoms with Crippen molar-refractivity contribution in [3.05, 3.63) is 53.8 Å². The van der Waals surface area contributed by atoms with Gasteiger partial charge in [-0.1, -0.05) is 30.3 Å². The quantitative estimate of drug-likeness (QED) is 0.602. The first-order valence-electron chi connectivity index (χ1n) is 5.63. The van der Waals surface area contributed by atoms with Gasteiger partial charge in [-0.3, -0.25) is 4.79 Å². The Kier molecular flexibility index (Phi) is 4.18. The van der Waals surface area contributed by atoms with Crippen molar-refractivity contribution in [2.45, 2.75) is 6.36 Å². The molecule has 0 aromatic heterocycles. The summed E-state index contributed by atoms with van der Waals surface area (Å²) in [6.45, 7) is 0. The van der Waals surface area contributed by atoms with Gasteiger partial charge < -0.3 is 4.74 Å². The normalized spacial score (nSPS) is 11.3. The minimum atomic E-state index is -4.91. The summed E-state index contributed by atoms with van der Waals surface area (Å²) in [6, 6.07) is 8.74. The molecule has 0 N–H and O–H groups in total. The van der Waals surface area contributed by atoms with Crippen LogP contribution in [0.25, 0.3) is 11.1 Å². The lowest BCUT2D eigenvalue weighted by molar-refractivity contribution is -0.274. The van der Waals surface area contributed by atoms with Gasteiger partial charge in [0, 0.05) is 11.1 Å². The molecule has 0 saturated heterocycles. The Balaban J connectivity index is 2.58. The van der Waals surface area contributed by atoms with Crippen molar-refractivity contribution in [2.24, 2.45) is 0 Å². The highest BCUT2D eigenvalue weighted by Gasteiger charge is 2.32.